The van der Waals surface area contributed by atoms with Crippen LogP contribution in [0.2, 0.25) is 0 Å². The summed E-state index contributed by atoms with van der Waals surface area (Å²) in [5, 5.41) is 0. The largest absolute Gasteiger partial charge is 0.304 e. The average Bonchev–Trinajstić information content (AvgIpc) is 3.28. The van der Waals surface area contributed by atoms with Gasteiger partial charge < -0.3 is 4.57 Å². The lowest BCUT2D eigenvalue weighted by Crippen LogP contribution is -2.34. The van der Waals surface area contributed by atoms with Crippen LogP contribution in [0.1, 0.15) is 49.6 Å². The van der Waals surface area contributed by atoms with Gasteiger partial charge in [-0.1, -0.05) is 99.1 Å². The maximum absolute atomic E-state index is 4.91. The first-order chi connectivity index (χ1) is 14.7. The van der Waals surface area contributed by atoms with Gasteiger partial charge in [-0.15, -0.1) is 0 Å². The third-order valence-corrected chi connectivity index (χ3v) is 6.21. The monoisotopic (exact) mass is 394 g/mol. The molecule has 0 bridgehead atoms. The minimum absolute atomic E-state index is 0.0729. The lowest BCUT2D eigenvalue weighted by molar-refractivity contribution is 0.336. The predicted octanol–water partition coefficient (Wildman–Crippen LogP) is 6.96. The number of nitrogens with zero attached hydrogens (tertiary/aromatic N) is 2. The zero-order valence-corrected chi connectivity index (χ0v) is 17.9. The zero-order valence-electron chi connectivity index (χ0n) is 17.9. The zero-order chi connectivity index (χ0) is 20.8. The van der Waals surface area contributed by atoms with Crippen LogP contribution < -0.4 is 0 Å². The van der Waals surface area contributed by atoms with E-state index in [9.17, 15) is 0 Å². The Morgan fingerprint density at radius 3 is 2.07 bits per heavy atom. The topological polar surface area (TPSA) is 17.8 Å². The maximum Gasteiger partial charge on any atom is 0.117 e. The van der Waals surface area contributed by atoms with Crippen LogP contribution in [0.4, 0.5) is 0 Å². The van der Waals surface area contributed by atoms with E-state index >= 15 is 0 Å². The number of rotatable bonds is 8. The minimum atomic E-state index is -0.0729. The highest BCUT2D eigenvalue weighted by Crippen LogP contribution is 2.44. The van der Waals surface area contributed by atoms with Crippen molar-refractivity contribution in [1.82, 2.24) is 9.55 Å². The van der Waals surface area contributed by atoms with Gasteiger partial charge in [0.25, 0.3) is 0 Å². The van der Waals surface area contributed by atoms with Crippen LogP contribution in [0.25, 0.3) is 5.69 Å². The molecule has 4 rings (SSSR count). The minimum Gasteiger partial charge on any atom is -0.304 e. The molecule has 2 nitrogen and oxygen atoms in total. The highest BCUT2D eigenvalue weighted by molar-refractivity contribution is 5.37. The van der Waals surface area contributed by atoms with E-state index in [-0.39, 0.29) is 5.41 Å². The first-order valence-electron chi connectivity index (χ1n) is 10.9. The van der Waals surface area contributed by atoms with Crippen molar-refractivity contribution in [2.75, 3.05) is 0 Å². The Morgan fingerprint density at radius 2 is 1.43 bits per heavy atom. The second-order valence-electron chi connectivity index (χ2n) is 8.28. The third kappa shape index (κ3) is 4.09. The molecule has 0 amide bonds. The summed E-state index contributed by atoms with van der Waals surface area (Å²) in [6.07, 6.45) is 7.22. The van der Waals surface area contributed by atoms with Crippen LogP contribution in [-0.2, 0) is 11.8 Å². The number of hydrogen-bond acceptors (Lipinski definition) is 1. The number of aromatic nitrogens is 2. The molecule has 3 aromatic carbocycles. The molecule has 0 saturated carbocycles. The van der Waals surface area contributed by atoms with Crippen molar-refractivity contribution in [1.29, 1.82) is 0 Å². The Labute approximate surface area is 180 Å². The van der Waals surface area contributed by atoms with Gasteiger partial charge in [0.2, 0.25) is 0 Å². The summed E-state index contributed by atoms with van der Waals surface area (Å²) in [7, 11) is 0. The van der Waals surface area contributed by atoms with Crippen molar-refractivity contribution < 1.29 is 0 Å². The normalized spacial score (nSPS) is 14.2. The van der Waals surface area contributed by atoms with Crippen molar-refractivity contribution >= 4 is 0 Å². The number of hydrogen-bond donors (Lipinski definition) is 0. The van der Waals surface area contributed by atoms with Gasteiger partial charge in [-0.2, -0.15) is 0 Å². The molecule has 0 aliphatic heterocycles. The molecule has 2 heteroatoms. The Bertz CT molecular complexity index is 1040. The Kier molecular flexibility index (Phi) is 6.13. The molecule has 0 spiro atoms. The van der Waals surface area contributed by atoms with Crippen LogP contribution in [-0.4, -0.2) is 9.55 Å². The van der Waals surface area contributed by atoms with Crippen LogP contribution in [0.15, 0.2) is 103 Å². The van der Waals surface area contributed by atoms with Crippen molar-refractivity contribution in [3.8, 4) is 5.69 Å². The highest BCUT2D eigenvalue weighted by Gasteiger charge is 2.39. The van der Waals surface area contributed by atoms with Crippen molar-refractivity contribution in [2.45, 2.75) is 44.4 Å². The molecule has 30 heavy (non-hydrogen) atoms. The molecule has 0 saturated heterocycles. The fourth-order valence-corrected chi connectivity index (χ4v) is 4.67. The van der Waals surface area contributed by atoms with Gasteiger partial charge in [0.15, 0.2) is 0 Å². The number of imidazole rings is 1. The predicted molar refractivity (Wildman–Crippen MR) is 125 cm³/mol. The van der Waals surface area contributed by atoms with Gasteiger partial charge in [-0.25, -0.2) is 4.98 Å². The molecule has 0 radical (unpaired) electrons. The molecule has 152 valence electrons. The molecule has 0 fully saturated rings. The molecule has 1 heterocycles. The molecule has 0 aliphatic rings. The maximum atomic E-state index is 4.91. The first kappa shape index (κ1) is 20.2. The molecule has 1 aromatic heterocycles. The Balaban J connectivity index is 1.84. The lowest BCUT2D eigenvalue weighted by atomic mass is 9.66. The van der Waals surface area contributed by atoms with E-state index in [4.69, 9.17) is 4.98 Å². The molecule has 0 aliphatic carbocycles. The molecule has 4 aromatic rings. The summed E-state index contributed by atoms with van der Waals surface area (Å²) in [4.78, 5) is 4.91. The van der Waals surface area contributed by atoms with Gasteiger partial charge in [0.05, 0.1) is 0 Å². The first-order valence-corrected chi connectivity index (χ1v) is 10.9. The molecule has 0 N–H and O–H groups in total. The Hall–Kier alpha value is -3.13. The van der Waals surface area contributed by atoms with E-state index in [0.717, 1.165) is 25.1 Å². The van der Waals surface area contributed by atoms with Crippen molar-refractivity contribution in [3.05, 3.63) is 120 Å². The van der Waals surface area contributed by atoms with E-state index in [2.05, 4.69) is 116 Å². The second kappa shape index (κ2) is 9.13. The van der Waals surface area contributed by atoms with E-state index < -0.39 is 0 Å². The molecular weight excluding hydrogens is 364 g/mol. The fraction of sp³-hybridized carbons (Fsp3) is 0.250. The SMILES string of the molecule is CCCC(c1nccn1-c1ccccc1)C(C)(Cc1ccccc1)c1ccccc1. The Morgan fingerprint density at radius 1 is 0.833 bits per heavy atom. The van der Waals surface area contributed by atoms with Gasteiger partial charge in [-0.3, -0.25) is 0 Å². The van der Waals surface area contributed by atoms with Crippen LogP contribution >= 0.6 is 0 Å². The summed E-state index contributed by atoms with van der Waals surface area (Å²) in [6, 6.07) is 32.4. The van der Waals surface area contributed by atoms with E-state index in [1.807, 2.05) is 6.20 Å². The highest BCUT2D eigenvalue weighted by atomic mass is 15.1. The quantitative estimate of drug-likeness (QED) is 0.316. The third-order valence-electron chi connectivity index (χ3n) is 6.21. The van der Waals surface area contributed by atoms with Crippen LogP contribution in [0.3, 0.4) is 0 Å². The summed E-state index contributed by atoms with van der Waals surface area (Å²) in [5.41, 5.74) is 3.83. The number of para-hydroxylation sites is 1. The number of benzene rings is 3. The van der Waals surface area contributed by atoms with E-state index in [0.29, 0.717) is 5.92 Å². The summed E-state index contributed by atoms with van der Waals surface area (Å²) in [6.45, 7) is 4.69. The average molecular weight is 395 g/mol. The summed E-state index contributed by atoms with van der Waals surface area (Å²) < 4.78 is 2.27. The fourth-order valence-electron chi connectivity index (χ4n) is 4.67. The van der Waals surface area contributed by atoms with Crippen molar-refractivity contribution in [2.24, 2.45) is 0 Å². The summed E-state index contributed by atoms with van der Waals surface area (Å²) >= 11 is 0. The molecular formula is C28H30N2. The van der Waals surface area contributed by atoms with E-state index in [1.165, 1.54) is 16.8 Å². The molecule has 2 atom stereocenters. The van der Waals surface area contributed by atoms with E-state index in [1.54, 1.807) is 0 Å². The lowest BCUT2D eigenvalue weighted by Gasteiger charge is -2.39. The molecule has 2 unspecified atom stereocenters. The van der Waals surface area contributed by atoms with Gasteiger partial charge in [0, 0.05) is 29.4 Å². The standard InChI is InChI=1S/C28H30N2/c1-3-13-26(27-29-20-21-30(27)25-18-11-6-12-19-25)28(2,24-16-9-5-10-17-24)22-23-14-7-4-8-15-23/h4-12,14-21,26H,3,13,22H2,1-2H3. The smallest absolute Gasteiger partial charge is 0.117 e. The van der Waals surface area contributed by atoms with Gasteiger partial charge in [0.1, 0.15) is 5.82 Å². The van der Waals surface area contributed by atoms with Gasteiger partial charge in [-0.05, 0) is 36.1 Å². The van der Waals surface area contributed by atoms with Crippen molar-refractivity contribution in [3.63, 3.8) is 0 Å². The van der Waals surface area contributed by atoms with Crippen LogP contribution in [0.5, 0.6) is 0 Å². The van der Waals surface area contributed by atoms with Gasteiger partial charge >= 0.3 is 0 Å². The van der Waals surface area contributed by atoms with Crippen LogP contribution in [0, 0.1) is 0 Å². The second-order valence-corrected chi connectivity index (χ2v) is 8.28. The summed E-state index contributed by atoms with van der Waals surface area (Å²) in [5.74, 6) is 1.44.